The number of nitrogens with one attached hydrogen (secondary N) is 2. The Hall–Kier alpha value is -1.71. The number of aliphatic hydroxyl groups excluding tert-OH is 1. The summed E-state index contributed by atoms with van der Waals surface area (Å²) in [5.41, 5.74) is 1.63. The van der Waals surface area contributed by atoms with Gasteiger partial charge in [0.2, 0.25) is 0 Å². The molecule has 1 aliphatic carbocycles. The number of halogens is 2. The van der Waals surface area contributed by atoms with Gasteiger partial charge in [-0.3, -0.25) is 0 Å². The highest BCUT2D eigenvalue weighted by atomic mass is 31.0. The van der Waals surface area contributed by atoms with Crippen LogP contribution in [-0.4, -0.2) is 17.3 Å². The monoisotopic (exact) mass is 350 g/mol. The second-order valence-corrected chi connectivity index (χ2v) is 7.00. The first-order chi connectivity index (χ1) is 11.4. The van der Waals surface area contributed by atoms with Gasteiger partial charge in [0.15, 0.2) is 5.82 Å². The fraction of sp³-hybridized carbons (Fsp3) is 0.333. The van der Waals surface area contributed by atoms with Crippen LogP contribution < -0.4 is 15.9 Å². The molecule has 0 aliphatic heterocycles. The molecule has 0 bridgehead atoms. The number of hydrogen-bond acceptors (Lipinski definition) is 3. The molecule has 128 valence electrons. The first-order valence-corrected chi connectivity index (χ1v) is 8.52. The molecule has 2 aromatic rings. The second kappa shape index (κ2) is 6.66. The molecule has 0 spiro atoms. The predicted molar refractivity (Wildman–Crippen MR) is 97.5 cm³/mol. The van der Waals surface area contributed by atoms with Gasteiger partial charge in [-0.2, -0.15) is 0 Å². The Morgan fingerprint density at radius 3 is 2.50 bits per heavy atom. The van der Waals surface area contributed by atoms with Crippen molar-refractivity contribution in [2.75, 3.05) is 17.2 Å². The SMILES string of the molecule is Cc1ccc(Nc2c(NC3(CCO)CC3)ccc(P)c2F)c(F)c1. The van der Waals surface area contributed by atoms with Crippen molar-refractivity contribution in [1.29, 1.82) is 0 Å². The molecular weight excluding hydrogens is 329 g/mol. The van der Waals surface area contributed by atoms with Gasteiger partial charge in [-0.1, -0.05) is 6.07 Å². The number of anilines is 3. The van der Waals surface area contributed by atoms with Crippen LogP contribution in [0.4, 0.5) is 25.8 Å². The van der Waals surface area contributed by atoms with E-state index in [1.54, 1.807) is 31.2 Å². The van der Waals surface area contributed by atoms with Gasteiger partial charge < -0.3 is 15.7 Å². The highest BCUT2D eigenvalue weighted by Gasteiger charge is 2.42. The molecule has 0 radical (unpaired) electrons. The first kappa shape index (κ1) is 17.1. The third-order valence-electron chi connectivity index (χ3n) is 4.40. The normalized spacial score (nSPS) is 15.2. The van der Waals surface area contributed by atoms with E-state index in [2.05, 4.69) is 19.9 Å². The third kappa shape index (κ3) is 3.52. The van der Waals surface area contributed by atoms with Gasteiger partial charge in [0, 0.05) is 17.5 Å². The van der Waals surface area contributed by atoms with Crippen molar-refractivity contribution in [3.63, 3.8) is 0 Å². The van der Waals surface area contributed by atoms with E-state index in [0.29, 0.717) is 17.4 Å². The molecule has 1 saturated carbocycles. The van der Waals surface area contributed by atoms with Crippen molar-refractivity contribution in [3.05, 3.63) is 47.5 Å². The topological polar surface area (TPSA) is 44.3 Å². The molecule has 0 amide bonds. The summed E-state index contributed by atoms with van der Waals surface area (Å²) < 4.78 is 28.8. The number of hydrogen-bond donors (Lipinski definition) is 3. The number of aliphatic hydroxyl groups is 1. The molecule has 6 heteroatoms. The van der Waals surface area contributed by atoms with Crippen molar-refractivity contribution in [3.8, 4) is 0 Å². The van der Waals surface area contributed by atoms with E-state index in [1.165, 1.54) is 6.07 Å². The minimum absolute atomic E-state index is 0.0759. The molecule has 0 aromatic heterocycles. The smallest absolute Gasteiger partial charge is 0.155 e. The molecular formula is C18H21F2N2OP. The van der Waals surface area contributed by atoms with Gasteiger partial charge >= 0.3 is 0 Å². The van der Waals surface area contributed by atoms with Crippen molar-refractivity contribution < 1.29 is 13.9 Å². The van der Waals surface area contributed by atoms with Crippen molar-refractivity contribution in [1.82, 2.24) is 0 Å². The summed E-state index contributed by atoms with van der Waals surface area (Å²) in [4.78, 5) is 0. The van der Waals surface area contributed by atoms with Crippen LogP contribution in [0.2, 0.25) is 0 Å². The number of rotatable bonds is 6. The highest BCUT2D eigenvalue weighted by molar-refractivity contribution is 7.27. The fourth-order valence-electron chi connectivity index (χ4n) is 2.76. The molecule has 24 heavy (non-hydrogen) atoms. The minimum Gasteiger partial charge on any atom is -0.396 e. The average Bonchev–Trinajstić information content (AvgIpc) is 3.29. The maximum Gasteiger partial charge on any atom is 0.155 e. The van der Waals surface area contributed by atoms with Gasteiger partial charge in [-0.25, -0.2) is 8.78 Å². The van der Waals surface area contributed by atoms with E-state index in [-0.39, 0.29) is 23.5 Å². The molecule has 3 N–H and O–H groups in total. The van der Waals surface area contributed by atoms with Crippen LogP contribution in [0.15, 0.2) is 30.3 Å². The number of benzene rings is 2. The third-order valence-corrected chi connectivity index (χ3v) is 4.85. The molecule has 1 aliphatic rings. The summed E-state index contributed by atoms with van der Waals surface area (Å²) in [5, 5.41) is 15.8. The maximum absolute atomic E-state index is 14.6. The van der Waals surface area contributed by atoms with Gasteiger partial charge in [0.25, 0.3) is 0 Å². The number of aryl methyl sites for hydroxylation is 1. The predicted octanol–water partition coefficient (Wildman–Crippen LogP) is 3.84. The summed E-state index contributed by atoms with van der Waals surface area (Å²) >= 11 is 0. The second-order valence-electron chi connectivity index (χ2n) is 6.38. The Balaban J connectivity index is 1.94. The quantitative estimate of drug-likeness (QED) is 0.694. The Bertz CT molecular complexity index is 763. The van der Waals surface area contributed by atoms with Gasteiger partial charge in [0.05, 0.1) is 17.1 Å². The largest absolute Gasteiger partial charge is 0.396 e. The van der Waals surface area contributed by atoms with E-state index >= 15 is 0 Å². The van der Waals surface area contributed by atoms with E-state index in [1.807, 2.05) is 0 Å². The molecule has 1 atom stereocenters. The zero-order valence-electron chi connectivity index (χ0n) is 13.5. The molecule has 2 aromatic carbocycles. The summed E-state index contributed by atoms with van der Waals surface area (Å²) in [6, 6.07) is 8.22. The van der Waals surface area contributed by atoms with Crippen LogP contribution in [-0.2, 0) is 0 Å². The maximum atomic E-state index is 14.6. The summed E-state index contributed by atoms with van der Waals surface area (Å²) in [5.74, 6) is -0.865. The first-order valence-electron chi connectivity index (χ1n) is 7.94. The Morgan fingerprint density at radius 1 is 1.17 bits per heavy atom. The van der Waals surface area contributed by atoms with Crippen LogP contribution in [0.1, 0.15) is 24.8 Å². The molecule has 1 fully saturated rings. The highest BCUT2D eigenvalue weighted by Crippen LogP contribution is 2.44. The van der Waals surface area contributed by atoms with Crippen LogP contribution in [0.25, 0.3) is 0 Å². The summed E-state index contributed by atoms with van der Waals surface area (Å²) in [6.07, 6.45) is 2.46. The van der Waals surface area contributed by atoms with E-state index in [0.717, 1.165) is 18.4 Å². The molecule has 0 heterocycles. The zero-order chi connectivity index (χ0) is 17.3. The molecule has 0 saturated heterocycles. The summed E-state index contributed by atoms with van der Waals surface area (Å²) in [7, 11) is 2.34. The van der Waals surface area contributed by atoms with Crippen molar-refractivity contribution in [2.24, 2.45) is 0 Å². The molecule has 1 unspecified atom stereocenters. The van der Waals surface area contributed by atoms with Gasteiger partial charge in [0.1, 0.15) is 5.82 Å². The average molecular weight is 350 g/mol. The van der Waals surface area contributed by atoms with Crippen molar-refractivity contribution >= 4 is 31.6 Å². The summed E-state index contributed by atoms with van der Waals surface area (Å²) in [6.45, 7) is 1.88. The lowest BCUT2D eigenvalue weighted by Crippen LogP contribution is -2.24. The van der Waals surface area contributed by atoms with E-state index in [9.17, 15) is 13.9 Å². The molecule has 3 rings (SSSR count). The van der Waals surface area contributed by atoms with Crippen LogP contribution in [0.3, 0.4) is 0 Å². The fourth-order valence-corrected chi connectivity index (χ4v) is 3.00. The zero-order valence-corrected chi connectivity index (χ0v) is 14.7. The molecule has 3 nitrogen and oxygen atoms in total. The van der Waals surface area contributed by atoms with Gasteiger partial charge in [-0.15, -0.1) is 9.24 Å². The Labute approximate surface area is 142 Å². The Morgan fingerprint density at radius 2 is 1.88 bits per heavy atom. The van der Waals surface area contributed by atoms with Crippen LogP contribution in [0, 0.1) is 18.6 Å². The standard InChI is InChI=1S/C18H21F2N2OP/c1-11-2-3-13(12(19)10-11)21-17-14(4-5-15(24)16(17)20)22-18(6-7-18)8-9-23/h2-5,10,21-23H,6-9,24H2,1H3. The lowest BCUT2D eigenvalue weighted by molar-refractivity contribution is 0.276. The van der Waals surface area contributed by atoms with Crippen LogP contribution >= 0.6 is 9.24 Å². The lowest BCUT2D eigenvalue weighted by Gasteiger charge is -2.22. The van der Waals surface area contributed by atoms with Gasteiger partial charge in [-0.05, 0) is 56.0 Å². The van der Waals surface area contributed by atoms with E-state index < -0.39 is 11.6 Å². The lowest BCUT2D eigenvalue weighted by atomic mass is 10.1. The Kier molecular flexibility index (Phi) is 4.75. The van der Waals surface area contributed by atoms with E-state index in [4.69, 9.17) is 0 Å². The van der Waals surface area contributed by atoms with Crippen LogP contribution in [0.5, 0.6) is 0 Å². The minimum atomic E-state index is -0.440. The van der Waals surface area contributed by atoms with Crippen molar-refractivity contribution in [2.45, 2.75) is 31.7 Å².